The number of phenolic OH excluding ortho intramolecular Hbond substituents is 1. The van der Waals surface area contributed by atoms with Gasteiger partial charge in [-0.15, -0.1) is 0 Å². The molecular formula is C21H22BrN3O2. The number of piperazine rings is 1. The molecule has 0 unspecified atom stereocenters. The molecule has 0 saturated carbocycles. The van der Waals surface area contributed by atoms with Crippen LogP contribution in [0.2, 0.25) is 0 Å². The maximum atomic E-state index is 10.2. The van der Waals surface area contributed by atoms with Gasteiger partial charge in [0, 0.05) is 50.0 Å². The number of nitrogens with zero attached hydrogens (tertiary/aromatic N) is 3. The topological polar surface area (TPSA) is 48.8 Å². The molecule has 1 fully saturated rings. The van der Waals surface area contributed by atoms with Crippen molar-refractivity contribution < 1.29 is 9.84 Å². The smallest absolute Gasteiger partial charge is 0.156 e. The Hall–Kier alpha value is -2.31. The van der Waals surface area contributed by atoms with Gasteiger partial charge in [0.15, 0.2) is 5.75 Å². The van der Waals surface area contributed by atoms with Gasteiger partial charge in [0.1, 0.15) is 11.3 Å². The molecule has 4 rings (SSSR count). The summed E-state index contributed by atoms with van der Waals surface area (Å²) >= 11 is 3.46. The van der Waals surface area contributed by atoms with Crippen molar-refractivity contribution in [1.82, 2.24) is 9.88 Å². The molecule has 2 aromatic carbocycles. The molecule has 1 saturated heterocycles. The Bertz CT molecular complexity index is 938. The monoisotopic (exact) mass is 427 g/mol. The molecule has 27 heavy (non-hydrogen) atoms. The van der Waals surface area contributed by atoms with Gasteiger partial charge in [-0.25, -0.2) is 0 Å². The van der Waals surface area contributed by atoms with Crippen LogP contribution in [0, 0.1) is 0 Å². The summed E-state index contributed by atoms with van der Waals surface area (Å²) in [6.45, 7) is 4.81. The number of benzene rings is 2. The molecular weight excluding hydrogens is 406 g/mol. The van der Waals surface area contributed by atoms with E-state index >= 15 is 0 Å². The Balaban J connectivity index is 1.46. The fraction of sp³-hybridized carbons (Fsp3) is 0.286. The minimum absolute atomic E-state index is 0.207. The number of methoxy groups -OCH3 is 1. The Morgan fingerprint density at radius 3 is 2.56 bits per heavy atom. The van der Waals surface area contributed by atoms with Crippen LogP contribution in [0.5, 0.6) is 11.5 Å². The van der Waals surface area contributed by atoms with E-state index in [2.05, 4.69) is 42.8 Å². The average Bonchev–Trinajstić information content (AvgIpc) is 2.72. The Labute approximate surface area is 167 Å². The first kappa shape index (κ1) is 18.1. The summed E-state index contributed by atoms with van der Waals surface area (Å²) in [7, 11) is 1.69. The highest BCUT2D eigenvalue weighted by Gasteiger charge is 2.19. The number of hydrogen-bond acceptors (Lipinski definition) is 5. The van der Waals surface area contributed by atoms with Crippen LogP contribution >= 0.6 is 15.9 Å². The second-order valence-corrected chi connectivity index (χ2v) is 7.58. The Kier molecular flexibility index (Phi) is 5.18. The zero-order valence-corrected chi connectivity index (χ0v) is 16.8. The SMILES string of the molecule is COc1ccc(N2CCN(Cc3cc(Br)c(O)c4ncccc34)CC2)cc1. The van der Waals surface area contributed by atoms with E-state index in [0.29, 0.717) is 9.99 Å². The first-order valence-electron chi connectivity index (χ1n) is 9.02. The van der Waals surface area contributed by atoms with Gasteiger partial charge in [-0.3, -0.25) is 9.88 Å². The molecule has 3 aromatic rings. The van der Waals surface area contributed by atoms with E-state index in [-0.39, 0.29) is 5.75 Å². The van der Waals surface area contributed by atoms with Gasteiger partial charge in [-0.05, 0) is 57.9 Å². The minimum atomic E-state index is 0.207. The van der Waals surface area contributed by atoms with Crippen LogP contribution < -0.4 is 9.64 Å². The molecule has 2 heterocycles. The Morgan fingerprint density at radius 2 is 1.85 bits per heavy atom. The molecule has 0 amide bonds. The number of ether oxygens (including phenoxy) is 1. The minimum Gasteiger partial charge on any atom is -0.505 e. The summed E-state index contributed by atoms with van der Waals surface area (Å²) in [5.74, 6) is 1.09. The second kappa shape index (κ2) is 7.74. The maximum absolute atomic E-state index is 10.2. The highest BCUT2D eigenvalue weighted by atomic mass is 79.9. The first-order valence-corrected chi connectivity index (χ1v) is 9.81. The van der Waals surface area contributed by atoms with Crippen molar-refractivity contribution in [3.8, 4) is 11.5 Å². The van der Waals surface area contributed by atoms with Crippen molar-refractivity contribution >= 4 is 32.5 Å². The van der Waals surface area contributed by atoms with E-state index in [1.807, 2.05) is 30.3 Å². The van der Waals surface area contributed by atoms with Crippen LogP contribution in [0.1, 0.15) is 5.56 Å². The fourth-order valence-electron chi connectivity index (χ4n) is 3.59. The van der Waals surface area contributed by atoms with Gasteiger partial charge in [-0.2, -0.15) is 0 Å². The molecule has 140 valence electrons. The number of halogens is 1. The van der Waals surface area contributed by atoms with Crippen molar-refractivity contribution in [3.05, 3.63) is 58.7 Å². The Morgan fingerprint density at radius 1 is 1.11 bits per heavy atom. The summed E-state index contributed by atoms with van der Waals surface area (Å²) < 4.78 is 5.93. The molecule has 1 aliphatic heterocycles. The summed E-state index contributed by atoms with van der Waals surface area (Å²) in [4.78, 5) is 9.20. The van der Waals surface area contributed by atoms with Gasteiger partial charge < -0.3 is 14.7 Å². The predicted molar refractivity (Wildman–Crippen MR) is 112 cm³/mol. The lowest BCUT2D eigenvalue weighted by Gasteiger charge is -2.36. The van der Waals surface area contributed by atoms with Gasteiger partial charge in [-0.1, -0.05) is 6.07 Å². The van der Waals surface area contributed by atoms with Crippen molar-refractivity contribution in [2.75, 3.05) is 38.2 Å². The van der Waals surface area contributed by atoms with E-state index in [1.165, 1.54) is 11.3 Å². The highest BCUT2D eigenvalue weighted by molar-refractivity contribution is 9.10. The molecule has 6 heteroatoms. The number of anilines is 1. The number of aromatic nitrogens is 1. The normalized spacial score (nSPS) is 15.3. The third-order valence-electron chi connectivity index (χ3n) is 5.11. The highest BCUT2D eigenvalue weighted by Crippen LogP contribution is 2.34. The molecule has 1 aliphatic rings. The summed E-state index contributed by atoms with van der Waals surface area (Å²) in [6, 6.07) is 14.2. The predicted octanol–water partition coefficient (Wildman–Crippen LogP) is 4.03. The van der Waals surface area contributed by atoms with Gasteiger partial charge >= 0.3 is 0 Å². The van der Waals surface area contributed by atoms with E-state index in [1.54, 1.807) is 13.3 Å². The quantitative estimate of drug-likeness (QED) is 0.680. The lowest BCUT2D eigenvalue weighted by molar-refractivity contribution is 0.250. The van der Waals surface area contributed by atoms with Gasteiger partial charge in [0.05, 0.1) is 11.6 Å². The van der Waals surface area contributed by atoms with Gasteiger partial charge in [0.2, 0.25) is 0 Å². The molecule has 1 aromatic heterocycles. The molecule has 5 nitrogen and oxygen atoms in total. The standard InChI is InChI=1S/C21H22BrN3O2/c1-27-17-6-4-16(5-7-17)25-11-9-24(10-12-25)14-15-13-19(22)21(26)20-18(15)3-2-8-23-20/h2-8,13,26H,9-12,14H2,1H3. The van der Waals surface area contributed by atoms with Crippen LogP contribution in [-0.2, 0) is 6.54 Å². The van der Waals surface area contributed by atoms with Crippen LogP contribution in [0.25, 0.3) is 10.9 Å². The summed E-state index contributed by atoms with van der Waals surface area (Å²) in [5, 5.41) is 11.3. The largest absolute Gasteiger partial charge is 0.505 e. The molecule has 0 bridgehead atoms. The van der Waals surface area contributed by atoms with Crippen molar-refractivity contribution in [2.24, 2.45) is 0 Å². The van der Waals surface area contributed by atoms with E-state index in [9.17, 15) is 5.11 Å². The number of hydrogen-bond donors (Lipinski definition) is 1. The summed E-state index contributed by atoms with van der Waals surface area (Å²) in [5.41, 5.74) is 3.07. The number of rotatable bonds is 4. The zero-order valence-electron chi connectivity index (χ0n) is 15.2. The van der Waals surface area contributed by atoms with Crippen LogP contribution in [0.3, 0.4) is 0 Å². The number of phenols is 1. The molecule has 0 spiro atoms. The third kappa shape index (κ3) is 3.73. The van der Waals surface area contributed by atoms with Crippen molar-refractivity contribution in [2.45, 2.75) is 6.54 Å². The average molecular weight is 428 g/mol. The number of fused-ring (bicyclic) bond motifs is 1. The van der Waals surface area contributed by atoms with Crippen LogP contribution in [0.15, 0.2) is 53.1 Å². The number of pyridine rings is 1. The lowest BCUT2D eigenvalue weighted by Crippen LogP contribution is -2.46. The zero-order chi connectivity index (χ0) is 18.8. The van der Waals surface area contributed by atoms with Crippen LogP contribution in [0.4, 0.5) is 5.69 Å². The van der Waals surface area contributed by atoms with Crippen LogP contribution in [-0.4, -0.2) is 48.3 Å². The molecule has 0 radical (unpaired) electrons. The fourth-order valence-corrected chi connectivity index (χ4v) is 4.06. The lowest BCUT2D eigenvalue weighted by atomic mass is 10.1. The molecule has 0 atom stereocenters. The molecule has 1 N–H and O–H groups in total. The van der Waals surface area contributed by atoms with Crippen molar-refractivity contribution in [3.63, 3.8) is 0 Å². The summed E-state index contributed by atoms with van der Waals surface area (Å²) in [6.07, 6.45) is 1.71. The molecule has 0 aliphatic carbocycles. The van der Waals surface area contributed by atoms with E-state index in [0.717, 1.165) is 43.9 Å². The van der Waals surface area contributed by atoms with Crippen molar-refractivity contribution in [1.29, 1.82) is 0 Å². The van der Waals surface area contributed by atoms with Gasteiger partial charge in [0.25, 0.3) is 0 Å². The third-order valence-corrected chi connectivity index (χ3v) is 5.71. The van der Waals surface area contributed by atoms with E-state index in [4.69, 9.17) is 4.74 Å². The maximum Gasteiger partial charge on any atom is 0.156 e. The number of aromatic hydroxyl groups is 1. The first-order chi connectivity index (χ1) is 13.2. The van der Waals surface area contributed by atoms with E-state index < -0.39 is 0 Å². The second-order valence-electron chi connectivity index (χ2n) is 6.73.